The Morgan fingerprint density at radius 2 is 2.06 bits per heavy atom. The normalized spacial score (nSPS) is 13.4. The molecule has 0 saturated carbocycles. The van der Waals surface area contributed by atoms with Crippen molar-refractivity contribution in [1.29, 1.82) is 0 Å². The van der Waals surface area contributed by atoms with E-state index in [-0.39, 0.29) is 22.4 Å². The molecule has 0 amide bonds. The van der Waals surface area contributed by atoms with Crippen LogP contribution >= 0.6 is 43.6 Å². The highest BCUT2D eigenvalue weighted by atomic mass is 79.9. The van der Waals surface area contributed by atoms with Crippen LogP contribution in [0.2, 0.25) is 0 Å². The highest BCUT2D eigenvalue weighted by Crippen LogP contribution is 2.43. The Morgan fingerprint density at radius 1 is 1.44 bits per heavy atom. The molecule has 1 aromatic rings. The molecule has 1 atom stereocenters. The lowest BCUT2D eigenvalue weighted by atomic mass is 10.0. The number of Topliss-reactive ketones (excluding diaryl/α,β-unsaturated/α-hetero) is 1. The monoisotopic (exact) mass is 404 g/mol. The van der Waals surface area contributed by atoms with E-state index in [0.29, 0.717) is 16.5 Å². The number of benzene rings is 1. The Balaban J connectivity index is 3.29. The van der Waals surface area contributed by atoms with Crippen LogP contribution in [0.25, 0.3) is 0 Å². The third kappa shape index (κ3) is 4.28. The average molecular weight is 406 g/mol. The molecule has 0 bridgehead atoms. The van der Waals surface area contributed by atoms with Crippen LogP contribution < -0.4 is 0 Å². The second-order valence-electron chi connectivity index (χ2n) is 3.48. The molecule has 18 heavy (non-hydrogen) atoms. The van der Waals surface area contributed by atoms with Crippen LogP contribution in [-0.2, 0) is 10.1 Å². The molecule has 0 radical (unpaired) electrons. The molecule has 0 aliphatic heterocycles. The number of halogens is 5. The van der Waals surface area contributed by atoms with Crippen molar-refractivity contribution < 1.29 is 18.0 Å². The number of hydrogen-bond acceptors (Lipinski definition) is 2. The Bertz CT molecular complexity index is 448. The molecule has 1 nitrogen and oxygen atoms in total. The summed E-state index contributed by atoms with van der Waals surface area (Å²) < 4.78 is 37.4. The quantitative estimate of drug-likeness (QED) is 0.504. The van der Waals surface area contributed by atoms with E-state index in [4.69, 9.17) is 0 Å². The van der Waals surface area contributed by atoms with Gasteiger partial charge in [-0.1, -0.05) is 44.0 Å². The number of alkyl halides is 5. The van der Waals surface area contributed by atoms with E-state index in [1.807, 2.05) is 0 Å². The van der Waals surface area contributed by atoms with Crippen LogP contribution in [0.15, 0.2) is 23.1 Å². The SMILES string of the molecule is CC(=O)C(Br)c1c(CBr)cccc1SC(F)(F)F. The van der Waals surface area contributed by atoms with E-state index < -0.39 is 10.3 Å². The standard InChI is InChI=1S/C11H9Br2F3OS/c1-6(17)10(13)9-7(5-12)3-2-4-8(9)18-11(14,15)16/h2-4,10H,5H2,1H3. The number of carbonyl (C=O) groups excluding carboxylic acids is 1. The second kappa shape index (κ2) is 6.43. The first-order valence-electron chi connectivity index (χ1n) is 4.84. The van der Waals surface area contributed by atoms with Crippen LogP contribution in [0.4, 0.5) is 13.2 Å². The van der Waals surface area contributed by atoms with Crippen molar-refractivity contribution in [3.05, 3.63) is 29.3 Å². The van der Waals surface area contributed by atoms with Crippen molar-refractivity contribution in [3.63, 3.8) is 0 Å². The lowest BCUT2D eigenvalue weighted by Gasteiger charge is -2.17. The molecule has 1 unspecified atom stereocenters. The van der Waals surface area contributed by atoms with Crippen molar-refractivity contribution in [2.75, 3.05) is 0 Å². The molecule has 0 N–H and O–H groups in total. The van der Waals surface area contributed by atoms with Gasteiger partial charge in [0.25, 0.3) is 0 Å². The fourth-order valence-electron chi connectivity index (χ4n) is 1.41. The van der Waals surface area contributed by atoms with Crippen molar-refractivity contribution in [2.24, 2.45) is 0 Å². The summed E-state index contributed by atoms with van der Waals surface area (Å²) in [6, 6.07) is 4.62. The molecule has 100 valence electrons. The predicted molar refractivity (Wildman–Crippen MR) is 73.3 cm³/mol. The highest BCUT2D eigenvalue weighted by Gasteiger charge is 2.32. The highest BCUT2D eigenvalue weighted by molar-refractivity contribution is 9.09. The Hall–Kier alpha value is -0.0100. The van der Waals surface area contributed by atoms with Gasteiger partial charge in [-0.15, -0.1) is 0 Å². The van der Waals surface area contributed by atoms with Gasteiger partial charge in [-0.25, -0.2) is 0 Å². The Labute approximate surface area is 124 Å². The van der Waals surface area contributed by atoms with Crippen molar-refractivity contribution >= 4 is 49.4 Å². The third-order valence-corrected chi connectivity index (χ3v) is 4.65. The van der Waals surface area contributed by atoms with E-state index in [1.54, 1.807) is 12.1 Å². The van der Waals surface area contributed by atoms with Gasteiger partial charge in [0.1, 0.15) is 5.78 Å². The van der Waals surface area contributed by atoms with E-state index in [2.05, 4.69) is 31.9 Å². The topological polar surface area (TPSA) is 17.1 Å². The van der Waals surface area contributed by atoms with Crippen LogP contribution in [-0.4, -0.2) is 11.3 Å². The molecule has 1 aromatic carbocycles. The van der Waals surface area contributed by atoms with Crippen molar-refractivity contribution in [2.45, 2.75) is 27.5 Å². The van der Waals surface area contributed by atoms with Gasteiger partial charge in [0, 0.05) is 10.2 Å². The first-order chi connectivity index (χ1) is 8.26. The van der Waals surface area contributed by atoms with Gasteiger partial charge in [0.15, 0.2) is 0 Å². The second-order valence-corrected chi connectivity index (χ2v) is 6.07. The average Bonchev–Trinajstić information content (AvgIpc) is 2.25. The summed E-state index contributed by atoms with van der Waals surface area (Å²) in [4.78, 5) is 10.7. The van der Waals surface area contributed by atoms with Gasteiger partial charge < -0.3 is 0 Å². The fraction of sp³-hybridized carbons (Fsp3) is 0.364. The smallest absolute Gasteiger partial charge is 0.298 e. The third-order valence-electron chi connectivity index (χ3n) is 2.14. The summed E-state index contributed by atoms with van der Waals surface area (Å²) in [5, 5.41) is 0.393. The van der Waals surface area contributed by atoms with Gasteiger partial charge >= 0.3 is 5.51 Å². The Kier molecular flexibility index (Phi) is 5.73. The number of ketones is 1. The molecular formula is C11H9Br2F3OS. The maximum Gasteiger partial charge on any atom is 0.446 e. The first kappa shape index (κ1) is 16.0. The maximum atomic E-state index is 12.5. The first-order valence-corrected chi connectivity index (χ1v) is 7.69. The van der Waals surface area contributed by atoms with Crippen LogP contribution in [0.1, 0.15) is 22.9 Å². The van der Waals surface area contributed by atoms with E-state index in [1.165, 1.54) is 13.0 Å². The molecule has 0 fully saturated rings. The van der Waals surface area contributed by atoms with E-state index in [0.717, 1.165) is 0 Å². The minimum absolute atomic E-state index is 0.0523. The van der Waals surface area contributed by atoms with Crippen LogP contribution in [0.3, 0.4) is 0 Å². The molecule has 0 aliphatic carbocycles. The molecule has 7 heteroatoms. The number of carbonyl (C=O) groups is 1. The summed E-state index contributed by atoms with van der Waals surface area (Å²) in [6.45, 7) is 1.34. The molecule has 1 rings (SSSR count). The van der Waals surface area contributed by atoms with E-state index >= 15 is 0 Å². The lowest BCUT2D eigenvalue weighted by molar-refractivity contribution is -0.116. The number of thioether (sulfide) groups is 1. The molecule has 0 aliphatic rings. The van der Waals surface area contributed by atoms with Crippen LogP contribution in [0, 0.1) is 0 Å². The Morgan fingerprint density at radius 3 is 2.50 bits per heavy atom. The summed E-state index contributed by atoms with van der Waals surface area (Å²) in [5.41, 5.74) is -3.33. The van der Waals surface area contributed by atoms with Gasteiger partial charge in [-0.2, -0.15) is 13.2 Å². The van der Waals surface area contributed by atoms with Crippen LogP contribution in [0.5, 0.6) is 0 Å². The van der Waals surface area contributed by atoms with Gasteiger partial charge in [0.05, 0.1) is 4.83 Å². The fourth-order valence-corrected chi connectivity index (χ4v) is 3.35. The van der Waals surface area contributed by atoms with Gasteiger partial charge in [0.2, 0.25) is 0 Å². The zero-order chi connectivity index (χ0) is 13.9. The van der Waals surface area contributed by atoms with Gasteiger partial charge in [-0.05, 0) is 35.9 Å². The van der Waals surface area contributed by atoms with E-state index in [9.17, 15) is 18.0 Å². The maximum absolute atomic E-state index is 12.5. The largest absolute Gasteiger partial charge is 0.446 e. The lowest BCUT2D eigenvalue weighted by Crippen LogP contribution is -2.08. The summed E-state index contributed by atoms with van der Waals surface area (Å²) in [7, 11) is 0. The minimum Gasteiger partial charge on any atom is -0.298 e. The molecule has 0 aromatic heterocycles. The van der Waals surface area contributed by atoms with Crippen molar-refractivity contribution in [3.8, 4) is 0 Å². The zero-order valence-corrected chi connectivity index (χ0v) is 13.2. The summed E-state index contributed by atoms with van der Waals surface area (Å²) in [6.07, 6.45) is 0. The minimum atomic E-state index is -4.37. The number of rotatable bonds is 4. The van der Waals surface area contributed by atoms with Crippen molar-refractivity contribution in [1.82, 2.24) is 0 Å². The number of hydrogen-bond donors (Lipinski definition) is 0. The molecule has 0 saturated heterocycles. The van der Waals surface area contributed by atoms with Gasteiger partial charge in [-0.3, -0.25) is 4.79 Å². The zero-order valence-electron chi connectivity index (χ0n) is 9.22. The molecular weight excluding hydrogens is 397 g/mol. The molecule has 0 heterocycles. The molecule has 0 spiro atoms. The predicted octanol–water partition coefficient (Wildman–Crippen LogP) is 5.22. The summed E-state index contributed by atoms with van der Waals surface area (Å²) >= 11 is 6.17. The summed E-state index contributed by atoms with van der Waals surface area (Å²) in [5.74, 6) is -0.229.